The standard InChI is InChI=1S/C34H35Cl2N3O8S/c1-34(2,3)47-32(42)38-14-13-24-22(18-38)17-25(35)28(29(24)36)30(40)37-26(16-20-9-8-12-23(15-20)48(4,44)45)31(41)39-27(19-46-33(39)43)21-10-6-5-7-11-21/h5-12,15,17,26-27H,13-14,16,18-19H2,1-4H3,(H,37,40)/t26-,27?/m0/s1. The largest absolute Gasteiger partial charge is 0.446 e. The first-order valence-corrected chi connectivity index (χ1v) is 17.8. The highest BCUT2D eigenvalue weighted by atomic mass is 35.5. The lowest BCUT2D eigenvalue weighted by atomic mass is 9.96. The number of nitrogens with zero attached hydrogens (tertiary/aromatic N) is 2. The summed E-state index contributed by atoms with van der Waals surface area (Å²) in [6, 6.07) is 14.3. The second-order valence-electron chi connectivity index (χ2n) is 12.7. The van der Waals surface area contributed by atoms with Crippen molar-refractivity contribution >= 4 is 57.0 Å². The summed E-state index contributed by atoms with van der Waals surface area (Å²) in [4.78, 5) is 56.2. The van der Waals surface area contributed by atoms with Crippen LogP contribution in [0.1, 0.15) is 59.4 Å². The molecule has 5 rings (SSSR count). The highest BCUT2D eigenvalue weighted by molar-refractivity contribution is 7.90. The third-order valence-electron chi connectivity index (χ3n) is 7.95. The summed E-state index contributed by atoms with van der Waals surface area (Å²) in [6.45, 7) is 5.70. The van der Waals surface area contributed by atoms with Gasteiger partial charge >= 0.3 is 12.2 Å². The van der Waals surface area contributed by atoms with Crippen molar-refractivity contribution in [3.05, 3.63) is 98.5 Å². The van der Waals surface area contributed by atoms with Crippen molar-refractivity contribution in [3.63, 3.8) is 0 Å². The van der Waals surface area contributed by atoms with E-state index < -0.39 is 51.5 Å². The molecular formula is C34H35Cl2N3O8S. The van der Waals surface area contributed by atoms with Gasteiger partial charge in [-0.2, -0.15) is 0 Å². The SMILES string of the molecule is CC(C)(C)OC(=O)N1CCc2c(cc(Cl)c(C(=O)N[C@@H](Cc3cccc(S(C)(=O)=O)c3)C(=O)N3C(=O)OCC3c3ccccc3)c2Cl)C1. The van der Waals surface area contributed by atoms with Crippen LogP contribution in [-0.2, 0) is 43.5 Å². The summed E-state index contributed by atoms with van der Waals surface area (Å²) in [5, 5.41) is 2.78. The fourth-order valence-corrected chi connectivity index (χ4v) is 7.12. The Hall–Kier alpha value is -4.13. The molecule has 4 amide bonds. The molecule has 0 saturated carbocycles. The number of ether oxygens (including phenoxy) is 2. The lowest BCUT2D eigenvalue weighted by Crippen LogP contribution is -2.50. The molecule has 0 spiro atoms. The third-order valence-corrected chi connectivity index (χ3v) is 9.77. The lowest BCUT2D eigenvalue weighted by Gasteiger charge is -2.32. The van der Waals surface area contributed by atoms with Gasteiger partial charge in [-0.3, -0.25) is 9.59 Å². The van der Waals surface area contributed by atoms with E-state index >= 15 is 0 Å². The monoisotopic (exact) mass is 715 g/mol. The van der Waals surface area contributed by atoms with E-state index in [2.05, 4.69) is 5.32 Å². The summed E-state index contributed by atoms with van der Waals surface area (Å²) in [5.41, 5.74) is 1.60. The van der Waals surface area contributed by atoms with Crippen LogP contribution < -0.4 is 5.32 Å². The number of imide groups is 1. The van der Waals surface area contributed by atoms with Crippen molar-refractivity contribution in [2.45, 2.75) is 62.7 Å². The Bertz CT molecular complexity index is 1880. The summed E-state index contributed by atoms with van der Waals surface area (Å²) in [7, 11) is -3.58. The molecule has 3 aromatic rings. The summed E-state index contributed by atoms with van der Waals surface area (Å²) in [6.07, 6.45) is -0.141. The lowest BCUT2D eigenvalue weighted by molar-refractivity contribution is -0.131. The molecule has 0 bridgehead atoms. The molecule has 1 unspecified atom stereocenters. The number of carbonyl (C=O) groups excluding carboxylic acids is 4. The molecule has 1 saturated heterocycles. The first kappa shape index (κ1) is 35.2. The van der Waals surface area contributed by atoms with E-state index in [4.69, 9.17) is 32.7 Å². The molecule has 3 aromatic carbocycles. The van der Waals surface area contributed by atoms with E-state index in [-0.39, 0.29) is 40.1 Å². The highest BCUT2D eigenvalue weighted by Gasteiger charge is 2.42. The Labute approximate surface area is 289 Å². The van der Waals surface area contributed by atoms with Crippen molar-refractivity contribution in [1.29, 1.82) is 0 Å². The van der Waals surface area contributed by atoms with Gasteiger partial charge in [-0.25, -0.2) is 22.9 Å². The number of halogens is 2. The van der Waals surface area contributed by atoms with Crippen molar-refractivity contribution in [1.82, 2.24) is 15.1 Å². The van der Waals surface area contributed by atoms with E-state index in [1.54, 1.807) is 63.2 Å². The maximum Gasteiger partial charge on any atom is 0.417 e. The normalized spacial score (nSPS) is 17.0. The topological polar surface area (TPSA) is 139 Å². The molecule has 254 valence electrons. The van der Waals surface area contributed by atoms with Crippen molar-refractivity contribution in [3.8, 4) is 0 Å². The minimum absolute atomic E-state index is 0.00435. The minimum Gasteiger partial charge on any atom is -0.446 e. The molecule has 2 atom stereocenters. The zero-order valence-corrected chi connectivity index (χ0v) is 29.1. The first-order chi connectivity index (χ1) is 22.5. The van der Waals surface area contributed by atoms with Gasteiger partial charge in [0.05, 0.1) is 20.5 Å². The van der Waals surface area contributed by atoms with Gasteiger partial charge in [0, 0.05) is 25.8 Å². The molecule has 48 heavy (non-hydrogen) atoms. The number of benzene rings is 3. The molecule has 1 N–H and O–H groups in total. The van der Waals surface area contributed by atoms with Crippen LogP contribution in [0, 0.1) is 0 Å². The smallest absolute Gasteiger partial charge is 0.417 e. The van der Waals surface area contributed by atoms with E-state index in [9.17, 15) is 27.6 Å². The van der Waals surface area contributed by atoms with E-state index in [0.29, 0.717) is 35.2 Å². The average molecular weight is 717 g/mol. The predicted molar refractivity (Wildman–Crippen MR) is 179 cm³/mol. The maximum atomic E-state index is 14.2. The quantitative estimate of drug-likeness (QED) is 0.326. The second kappa shape index (κ2) is 13.8. The fraction of sp³-hybridized carbons (Fsp3) is 0.353. The van der Waals surface area contributed by atoms with Crippen LogP contribution in [0.5, 0.6) is 0 Å². The Morgan fingerprint density at radius 2 is 1.77 bits per heavy atom. The number of hydrogen-bond donors (Lipinski definition) is 1. The fourth-order valence-electron chi connectivity index (χ4n) is 5.66. The number of amides is 4. The van der Waals surface area contributed by atoms with Crippen molar-refractivity contribution in [2.75, 3.05) is 19.4 Å². The van der Waals surface area contributed by atoms with Crippen molar-refractivity contribution < 1.29 is 37.1 Å². The van der Waals surface area contributed by atoms with E-state index in [0.717, 1.165) is 11.2 Å². The Balaban J connectivity index is 1.47. The van der Waals surface area contributed by atoms with Crippen LogP contribution in [-0.4, -0.2) is 73.3 Å². The molecule has 14 heteroatoms. The maximum absolute atomic E-state index is 14.2. The van der Waals surface area contributed by atoms with Gasteiger partial charge in [0.15, 0.2) is 9.84 Å². The van der Waals surface area contributed by atoms with Crippen LogP contribution >= 0.6 is 23.2 Å². The third kappa shape index (κ3) is 7.77. The van der Waals surface area contributed by atoms with Gasteiger partial charge in [0.2, 0.25) is 0 Å². The van der Waals surface area contributed by atoms with Crippen LogP contribution in [0.25, 0.3) is 0 Å². The van der Waals surface area contributed by atoms with Gasteiger partial charge < -0.3 is 19.7 Å². The Morgan fingerprint density at radius 3 is 2.44 bits per heavy atom. The molecule has 2 aliphatic rings. The van der Waals surface area contributed by atoms with Crippen LogP contribution in [0.15, 0.2) is 65.6 Å². The minimum atomic E-state index is -3.58. The number of nitrogens with one attached hydrogen (secondary N) is 1. The van der Waals surface area contributed by atoms with Crippen LogP contribution in [0.3, 0.4) is 0 Å². The Kier molecular flexibility index (Phi) is 10.1. The van der Waals surface area contributed by atoms with Gasteiger partial charge in [-0.05, 0) is 67.6 Å². The summed E-state index contributed by atoms with van der Waals surface area (Å²) in [5.74, 6) is -1.54. The van der Waals surface area contributed by atoms with Crippen molar-refractivity contribution in [2.24, 2.45) is 0 Å². The average Bonchev–Trinajstić information content (AvgIpc) is 3.40. The van der Waals surface area contributed by atoms with Gasteiger partial charge in [0.25, 0.3) is 11.8 Å². The predicted octanol–water partition coefficient (Wildman–Crippen LogP) is 5.75. The molecule has 0 aliphatic carbocycles. The van der Waals surface area contributed by atoms with Gasteiger partial charge in [-0.15, -0.1) is 0 Å². The molecule has 0 aromatic heterocycles. The molecule has 1 fully saturated rings. The van der Waals surface area contributed by atoms with E-state index in [1.165, 1.54) is 23.1 Å². The second-order valence-corrected chi connectivity index (χ2v) is 15.5. The first-order valence-electron chi connectivity index (χ1n) is 15.2. The summed E-state index contributed by atoms with van der Waals surface area (Å²) < 4.78 is 35.3. The summed E-state index contributed by atoms with van der Waals surface area (Å²) >= 11 is 13.4. The molecule has 2 aliphatic heterocycles. The Morgan fingerprint density at radius 1 is 1.06 bits per heavy atom. The number of rotatable bonds is 7. The molecule has 0 radical (unpaired) electrons. The zero-order valence-electron chi connectivity index (χ0n) is 26.8. The number of cyclic esters (lactones) is 1. The molecule has 2 heterocycles. The number of sulfone groups is 1. The molecule has 11 nitrogen and oxygen atoms in total. The zero-order chi connectivity index (χ0) is 35.0. The van der Waals surface area contributed by atoms with Crippen LogP contribution in [0.4, 0.5) is 9.59 Å². The number of fused-ring (bicyclic) bond motifs is 1. The van der Waals surface area contributed by atoms with Gasteiger partial charge in [-0.1, -0.05) is 65.7 Å². The van der Waals surface area contributed by atoms with E-state index in [1.807, 2.05) is 0 Å². The molecular weight excluding hydrogens is 681 g/mol. The van der Waals surface area contributed by atoms with Gasteiger partial charge in [0.1, 0.15) is 24.3 Å². The van der Waals surface area contributed by atoms with Crippen LogP contribution in [0.2, 0.25) is 10.0 Å². The highest BCUT2D eigenvalue weighted by Crippen LogP contribution is 2.35. The number of hydrogen-bond acceptors (Lipinski definition) is 8. The number of carbonyl (C=O) groups is 4.